The molecule has 1 aromatic heterocycles. The first-order valence-electron chi connectivity index (χ1n) is 11.5. The molecule has 9 nitrogen and oxygen atoms in total. The van der Waals surface area contributed by atoms with E-state index in [0.29, 0.717) is 32.7 Å². The van der Waals surface area contributed by atoms with Crippen molar-refractivity contribution >= 4 is 51.3 Å². The molecule has 0 aliphatic carbocycles. The van der Waals surface area contributed by atoms with Gasteiger partial charge in [0.1, 0.15) is 9.20 Å². The molecule has 3 heterocycles. The van der Waals surface area contributed by atoms with E-state index in [1.165, 1.54) is 29.5 Å². The van der Waals surface area contributed by atoms with Crippen molar-refractivity contribution < 1.29 is 9.72 Å². The number of hydrogen-bond acceptors (Lipinski definition) is 7. The highest BCUT2D eigenvalue weighted by atomic mass is 32.1. The molecule has 36 heavy (non-hydrogen) atoms. The third kappa shape index (κ3) is 3.32. The maximum absolute atomic E-state index is 13.7. The summed E-state index contributed by atoms with van der Waals surface area (Å²) in [5.41, 5.74) is 3.47. The fraction of sp³-hybridized carbons (Fsp3) is 0.269. The number of fused-ring (bicyclic) bond motifs is 1. The second-order valence-corrected chi connectivity index (χ2v) is 10.3. The van der Waals surface area contributed by atoms with Gasteiger partial charge in [0.05, 0.1) is 27.6 Å². The van der Waals surface area contributed by atoms with Crippen LogP contribution in [0.25, 0.3) is 11.3 Å². The van der Waals surface area contributed by atoms with E-state index in [1.807, 2.05) is 32.2 Å². The van der Waals surface area contributed by atoms with Gasteiger partial charge in [0.25, 0.3) is 17.2 Å². The Kier molecular flexibility index (Phi) is 5.44. The van der Waals surface area contributed by atoms with E-state index in [4.69, 9.17) is 0 Å². The molecule has 5 rings (SSSR count). The van der Waals surface area contributed by atoms with Crippen LogP contribution in [0.15, 0.2) is 58.4 Å². The van der Waals surface area contributed by atoms with Gasteiger partial charge >= 0.3 is 0 Å². The largest absolute Gasteiger partial charge is 0.346 e. The van der Waals surface area contributed by atoms with E-state index in [2.05, 4.69) is 29.9 Å². The SMILES string of the molecule is CCn1c(=C2C(=O)N(c3cccc([N+](=O)[O-])c3)N=C2C)sc(=C2N(C)c3ccccc3C2(C)C)c1=O. The van der Waals surface area contributed by atoms with Crippen LogP contribution >= 0.6 is 11.3 Å². The zero-order chi connectivity index (χ0) is 25.9. The molecule has 0 bridgehead atoms. The molecule has 3 aromatic rings. The van der Waals surface area contributed by atoms with Gasteiger partial charge in [0.15, 0.2) is 0 Å². The van der Waals surface area contributed by atoms with E-state index in [1.54, 1.807) is 17.6 Å². The van der Waals surface area contributed by atoms with Gasteiger partial charge in [-0.25, -0.2) is 0 Å². The average Bonchev–Trinajstić information content (AvgIpc) is 3.40. The van der Waals surface area contributed by atoms with Gasteiger partial charge in [-0.2, -0.15) is 10.1 Å². The molecule has 0 saturated carbocycles. The van der Waals surface area contributed by atoms with Crippen molar-refractivity contribution in [2.24, 2.45) is 5.10 Å². The number of carbonyl (C=O) groups is 1. The van der Waals surface area contributed by atoms with Crippen molar-refractivity contribution in [3.63, 3.8) is 0 Å². The summed E-state index contributed by atoms with van der Waals surface area (Å²) in [6, 6.07) is 13.9. The Morgan fingerprint density at radius 1 is 1.11 bits per heavy atom. The molecule has 10 heteroatoms. The molecule has 2 aromatic carbocycles. The zero-order valence-corrected chi connectivity index (χ0v) is 21.4. The molecular formula is C26H25N5O4S. The molecule has 2 aliphatic heterocycles. The number of anilines is 2. The number of para-hydroxylation sites is 1. The molecule has 2 aliphatic rings. The van der Waals surface area contributed by atoms with Gasteiger partial charge < -0.3 is 4.90 Å². The molecule has 184 valence electrons. The number of non-ortho nitro benzene ring substituents is 1. The van der Waals surface area contributed by atoms with Crippen molar-refractivity contribution in [3.05, 3.63) is 83.8 Å². The smallest absolute Gasteiger partial charge is 0.283 e. The summed E-state index contributed by atoms with van der Waals surface area (Å²) in [5.74, 6) is -0.421. The molecule has 0 N–H and O–H groups in total. The quantitative estimate of drug-likeness (QED) is 0.404. The number of carbonyl (C=O) groups excluding carboxylic acids is 1. The number of benzene rings is 2. The summed E-state index contributed by atoms with van der Waals surface area (Å²) in [5, 5.41) is 16.8. The summed E-state index contributed by atoms with van der Waals surface area (Å²) in [6.45, 7) is 8.17. The van der Waals surface area contributed by atoms with E-state index >= 15 is 0 Å². The fourth-order valence-corrected chi connectivity index (χ4v) is 6.64. The number of thiazole rings is 1. The van der Waals surface area contributed by atoms with Crippen molar-refractivity contribution in [1.82, 2.24) is 4.57 Å². The summed E-state index contributed by atoms with van der Waals surface area (Å²) < 4.78 is 2.73. The lowest BCUT2D eigenvalue weighted by Gasteiger charge is -2.23. The summed E-state index contributed by atoms with van der Waals surface area (Å²) in [7, 11) is 1.96. The first-order chi connectivity index (χ1) is 17.1. The number of likely N-dealkylation sites (N-methyl/N-ethyl adjacent to an activating group) is 1. The molecule has 0 spiro atoms. The first kappa shape index (κ1) is 23.7. The van der Waals surface area contributed by atoms with Crippen LogP contribution < -0.4 is 24.7 Å². The van der Waals surface area contributed by atoms with Crippen molar-refractivity contribution in [2.75, 3.05) is 17.0 Å². The minimum absolute atomic E-state index is 0.132. The molecule has 0 saturated heterocycles. The van der Waals surface area contributed by atoms with Crippen LogP contribution in [0.5, 0.6) is 0 Å². The van der Waals surface area contributed by atoms with Crippen molar-refractivity contribution in [2.45, 2.75) is 39.7 Å². The zero-order valence-electron chi connectivity index (χ0n) is 20.6. The first-order valence-corrected chi connectivity index (χ1v) is 12.4. The maximum atomic E-state index is 13.7. The lowest BCUT2D eigenvalue weighted by molar-refractivity contribution is -0.384. The van der Waals surface area contributed by atoms with Crippen LogP contribution in [0.2, 0.25) is 0 Å². The second kappa shape index (κ2) is 8.27. The van der Waals surface area contributed by atoms with Gasteiger partial charge in [-0.05, 0) is 31.5 Å². The second-order valence-electron chi connectivity index (χ2n) is 9.29. The third-order valence-corrected chi connectivity index (χ3v) is 7.99. The summed E-state index contributed by atoms with van der Waals surface area (Å²) >= 11 is 1.29. The molecule has 0 atom stereocenters. The van der Waals surface area contributed by atoms with Gasteiger partial charge in [-0.15, -0.1) is 11.3 Å². The number of aromatic nitrogens is 1. The number of hydrazone groups is 1. The number of amides is 1. The van der Waals surface area contributed by atoms with Crippen molar-refractivity contribution in [1.29, 1.82) is 0 Å². The minimum atomic E-state index is -0.513. The summed E-state index contributed by atoms with van der Waals surface area (Å²) in [6.07, 6.45) is 0. The van der Waals surface area contributed by atoms with Crippen LogP contribution in [0, 0.1) is 10.1 Å². The van der Waals surface area contributed by atoms with Crippen LogP contribution in [0.3, 0.4) is 0 Å². The number of nitrogens with zero attached hydrogens (tertiary/aromatic N) is 5. The highest BCUT2D eigenvalue weighted by Gasteiger charge is 2.40. The number of nitro benzene ring substituents is 1. The monoisotopic (exact) mass is 503 g/mol. The highest BCUT2D eigenvalue weighted by molar-refractivity contribution is 7.08. The van der Waals surface area contributed by atoms with E-state index in [-0.39, 0.29) is 11.2 Å². The van der Waals surface area contributed by atoms with Gasteiger partial charge in [-0.1, -0.05) is 38.1 Å². The summed E-state index contributed by atoms with van der Waals surface area (Å²) in [4.78, 5) is 40.0. The standard InChI is InChI=1S/C26H25N5O4S/c1-6-29-24(33)21(22-26(3,4)18-12-7-8-13-19(18)28(22)5)36-25(29)20-15(2)27-30(23(20)32)16-10-9-11-17(14-16)31(34)35/h7-14H,6H2,1-5H3. The normalized spacial score (nSPS) is 19.6. The number of hydrogen-bond donors (Lipinski definition) is 0. The third-order valence-electron chi connectivity index (χ3n) is 6.80. The average molecular weight is 504 g/mol. The van der Waals surface area contributed by atoms with E-state index in [9.17, 15) is 19.7 Å². The molecular weight excluding hydrogens is 478 g/mol. The van der Waals surface area contributed by atoms with Gasteiger partial charge in [0.2, 0.25) is 0 Å². The predicted molar refractivity (Wildman–Crippen MR) is 142 cm³/mol. The highest BCUT2D eigenvalue weighted by Crippen LogP contribution is 2.46. The Labute approximate surface area is 211 Å². The molecule has 1 amide bonds. The Bertz CT molecular complexity index is 1660. The lowest BCUT2D eigenvalue weighted by Crippen LogP contribution is -2.38. The Morgan fingerprint density at radius 3 is 2.50 bits per heavy atom. The number of rotatable bonds is 3. The fourth-order valence-electron chi connectivity index (χ4n) is 5.10. The molecule has 0 radical (unpaired) electrons. The van der Waals surface area contributed by atoms with Crippen LogP contribution in [-0.4, -0.2) is 28.2 Å². The van der Waals surface area contributed by atoms with E-state index in [0.717, 1.165) is 22.0 Å². The van der Waals surface area contributed by atoms with Crippen LogP contribution in [-0.2, 0) is 16.8 Å². The van der Waals surface area contributed by atoms with Gasteiger partial charge in [0, 0.05) is 36.8 Å². The number of nitro groups is 1. The van der Waals surface area contributed by atoms with Crippen molar-refractivity contribution in [3.8, 4) is 0 Å². The lowest BCUT2D eigenvalue weighted by atomic mass is 9.84. The van der Waals surface area contributed by atoms with Crippen LogP contribution in [0.4, 0.5) is 17.1 Å². The maximum Gasteiger partial charge on any atom is 0.283 e. The Morgan fingerprint density at radius 2 is 1.83 bits per heavy atom. The minimum Gasteiger partial charge on any atom is -0.346 e. The molecule has 0 unspecified atom stereocenters. The predicted octanol–water partition coefficient (Wildman–Crippen LogP) is 2.95. The van der Waals surface area contributed by atoms with E-state index < -0.39 is 16.2 Å². The van der Waals surface area contributed by atoms with Gasteiger partial charge in [-0.3, -0.25) is 24.3 Å². The Hall–Kier alpha value is -4.05. The van der Waals surface area contributed by atoms with Crippen LogP contribution in [0.1, 0.15) is 33.3 Å². The Balaban J connectivity index is 1.75. The topological polar surface area (TPSA) is 101 Å². The molecule has 0 fully saturated rings.